The molecular formula is C32H36F3N7O4. The van der Waals surface area contributed by atoms with Crippen LogP contribution < -0.4 is 20.9 Å². The van der Waals surface area contributed by atoms with Gasteiger partial charge in [0.15, 0.2) is 0 Å². The second-order valence-electron chi connectivity index (χ2n) is 12.3. The van der Waals surface area contributed by atoms with Crippen molar-refractivity contribution in [1.82, 2.24) is 20.2 Å². The highest BCUT2D eigenvalue weighted by Crippen LogP contribution is 2.37. The third-order valence-corrected chi connectivity index (χ3v) is 7.72. The number of carbonyl (C=O) groups is 3. The minimum atomic E-state index is -4.76. The number of rotatable bonds is 7. The lowest BCUT2D eigenvalue weighted by Gasteiger charge is -2.35. The van der Waals surface area contributed by atoms with E-state index < -0.39 is 29.1 Å². The Bertz CT molecular complexity index is 1630. The number of piperidine rings is 1. The van der Waals surface area contributed by atoms with Crippen LogP contribution in [0.5, 0.6) is 0 Å². The number of amides is 3. The Labute approximate surface area is 264 Å². The molecular weight excluding hydrogens is 603 g/mol. The molecule has 244 valence electrons. The van der Waals surface area contributed by atoms with Gasteiger partial charge in [-0.25, -0.2) is 9.78 Å². The molecule has 46 heavy (non-hydrogen) atoms. The van der Waals surface area contributed by atoms with Crippen LogP contribution in [0.3, 0.4) is 0 Å². The predicted octanol–water partition coefficient (Wildman–Crippen LogP) is 5.88. The van der Waals surface area contributed by atoms with E-state index in [-0.39, 0.29) is 41.5 Å². The number of likely N-dealkylation sites (tertiary alicyclic amines) is 1. The zero-order chi connectivity index (χ0) is 33.2. The van der Waals surface area contributed by atoms with Crippen LogP contribution in [0.1, 0.15) is 55.1 Å². The Morgan fingerprint density at radius 2 is 1.76 bits per heavy atom. The van der Waals surface area contributed by atoms with E-state index >= 15 is 0 Å². The summed E-state index contributed by atoms with van der Waals surface area (Å²) in [6.45, 7) is 7.12. The lowest BCUT2D eigenvalue weighted by atomic mass is 9.96. The number of benzene rings is 2. The summed E-state index contributed by atoms with van der Waals surface area (Å²) >= 11 is 0. The molecule has 5 rings (SSSR count). The van der Waals surface area contributed by atoms with Crippen LogP contribution in [0, 0.1) is 5.92 Å². The average Bonchev–Trinajstić information content (AvgIpc) is 3.29. The molecule has 3 heterocycles. The summed E-state index contributed by atoms with van der Waals surface area (Å²) in [5.41, 5.74) is 0.659. The van der Waals surface area contributed by atoms with Crippen molar-refractivity contribution in [3.8, 4) is 0 Å². The quantitative estimate of drug-likeness (QED) is 0.293. The maximum atomic E-state index is 13.9. The molecule has 0 unspecified atom stereocenters. The van der Waals surface area contributed by atoms with E-state index in [1.807, 2.05) is 20.8 Å². The number of aromatic nitrogens is 2. The van der Waals surface area contributed by atoms with Crippen molar-refractivity contribution in [3.63, 3.8) is 0 Å². The van der Waals surface area contributed by atoms with Gasteiger partial charge in [0.2, 0.25) is 11.9 Å². The van der Waals surface area contributed by atoms with Crippen molar-refractivity contribution in [1.29, 1.82) is 0 Å². The molecule has 3 aromatic rings. The largest absolute Gasteiger partial charge is 0.444 e. The molecule has 2 aliphatic heterocycles. The number of halogens is 3. The van der Waals surface area contributed by atoms with Gasteiger partial charge in [-0.1, -0.05) is 12.1 Å². The van der Waals surface area contributed by atoms with Crippen LogP contribution in [-0.4, -0.2) is 65.1 Å². The molecule has 0 aliphatic carbocycles. The molecule has 2 aromatic carbocycles. The number of fused-ring (bicyclic) bond motifs is 1. The number of hydrogen-bond donors (Lipinski definition) is 3. The third kappa shape index (κ3) is 7.49. The Morgan fingerprint density at radius 1 is 1.04 bits per heavy atom. The molecule has 3 amide bonds. The highest BCUT2D eigenvalue weighted by molar-refractivity contribution is 6.02. The summed E-state index contributed by atoms with van der Waals surface area (Å²) in [4.78, 5) is 49.1. The van der Waals surface area contributed by atoms with E-state index in [0.717, 1.165) is 24.1 Å². The molecule has 0 bridgehead atoms. The topological polar surface area (TPSA) is 129 Å². The van der Waals surface area contributed by atoms with Crippen molar-refractivity contribution in [2.24, 2.45) is 5.92 Å². The van der Waals surface area contributed by atoms with Gasteiger partial charge in [-0.2, -0.15) is 18.2 Å². The Balaban J connectivity index is 1.29. The summed E-state index contributed by atoms with van der Waals surface area (Å²) < 4.78 is 47.1. The van der Waals surface area contributed by atoms with Crippen LogP contribution in [-0.2, 0) is 22.1 Å². The Morgan fingerprint density at radius 3 is 2.43 bits per heavy atom. The normalized spacial score (nSPS) is 15.4. The molecule has 3 N–H and O–H groups in total. The molecule has 0 atom stereocenters. The smallest absolute Gasteiger partial charge is 0.421 e. The van der Waals surface area contributed by atoms with E-state index in [1.54, 1.807) is 40.1 Å². The maximum Gasteiger partial charge on any atom is 0.421 e. The first-order valence-electron chi connectivity index (χ1n) is 14.9. The van der Waals surface area contributed by atoms with Crippen molar-refractivity contribution in [3.05, 3.63) is 65.4 Å². The molecule has 2 aliphatic rings. The number of anilines is 5. The van der Waals surface area contributed by atoms with E-state index in [2.05, 4.69) is 25.9 Å². The fraction of sp³-hybridized carbons (Fsp3) is 0.406. The van der Waals surface area contributed by atoms with Gasteiger partial charge in [-0.05, 0) is 75.4 Å². The van der Waals surface area contributed by atoms with E-state index in [1.165, 1.54) is 19.2 Å². The Kier molecular flexibility index (Phi) is 9.08. The number of alkyl halides is 3. The van der Waals surface area contributed by atoms with Crippen LogP contribution >= 0.6 is 0 Å². The van der Waals surface area contributed by atoms with Crippen LogP contribution in [0.4, 0.5) is 46.8 Å². The summed E-state index contributed by atoms with van der Waals surface area (Å²) in [6.07, 6.45) is -2.75. The minimum Gasteiger partial charge on any atom is -0.444 e. The molecule has 11 nitrogen and oxygen atoms in total. The first kappa shape index (κ1) is 32.5. The summed E-state index contributed by atoms with van der Waals surface area (Å²) in [6, 6.07) is 11.4. The first-order valence-corrected chi connectivity index (χ1v) is 14.9. The molecule has 1 aromatic heterocycles. The monoisotopic (exact) mass is 639 g/mol. The lowest BCUT2D eigenvalue weighted by Crippen LogP contribution is -2.44. The molecule has 0 spiro atoms. The van der Waals surface area contributed by atoms with Crippen LogP contribution in [0.25, 0.3) is 0 Å². The van der Waals surface area contributed by atoms with Crippen molar-refractivity contribution < 1.29 is 32.3 Å². The minimum absolute atomic E-state index is 0.0474. The Hall–Kier alpha value is -4.88. The third-order valence-electron chi connectivity index (χ3n) is 7.72. The number of ether oxygens (including phenoxy) is 1. The zero-order valence-corrected chi connectivity index (χ0v) is 26.0. The maximum absolute atomic E-state index is 13.9. The summed E-state index contributed by atoms with van der Waals surface area (Å²) in [7, 11) is 1.42. The van der Waals surface area contributed by atoms with Crippen LogP contribution in [0.15, 0.2) is 48.7 Å². The zero-order valence-electron chi connectivity index (χ0n) is 26.0. The van der Waals surface area contributed by atoms with Gasteiger partial charge in [0, 0.05) is 44.3 Å². The van der Waals surface area contributed by atoms with Gasteiger partial charge >= 0.3 is 12.3 Å². The number of carbonyl (C=O) groups excluding carboxylic acids is 3. The summed E-state index contributed by atoms with van der Waals surface area (Å²) in [5.74, 6) is -0.940. The molecule has 1 saturated heterocycles. The fourth-order valence-corrected chi connectivity index (χ4v) is 5.47. The van der Waals surface area contributed by atoms with E-state index in [0.29, 0.717) is 31.5 Å². The predicted molar refractivity (Wildman–Crippen MR) is 166 cm³/mol. The lowest BCUT2D eigenvalue weighted by molar-refractivity contribution is -0.137. The van der Waals surface area contributed by atoms with Crippen molar-refractivity contribution in [2.45, 2.75) is 51.8 Å². The van der Waals surface area contributed by atoms with Gasteiger partial charge < -0.3 is 30.5 Å². The number of para-hydroxylation sites is 1. The van der Waals surface area contributed by atoms with Crippen molar-refractivity contribution in [2.75, 3.05) is 42.2 Å². The highest BCUT2D eigenvalue weighted by atomic mass is 19.4. The van der Waals surface area contributed by atoms with Gasteiger partial charge in [0.05, 0.1) is 17.7 Å². The van der Waals surface area contributed by atoms with Gasteiger partial charge in [-0.15, -0.1) is 0 Å². The fourth-order valence-electron chi connectivity index (χ4n) is 5.47. The number of nitrogens with one attached hydrogen (secondary N) is 3. The molecule has 0 radical (unpaired) electrons. The van der Waals surface area contributed by atoms with Gasteiger partial charge in [-0.3, -0.25) is 9.59 Å². The van der Waals surface area contributed by atoms with E-state index in [9.17, 15) is 27.6 Å². The molecule has 14 heteroatoms. The second kappa shape index (κ2) is 12.9. The molecule has 0 saturated carbocycles. The van der Waals surface area contributed by atoms with Crippen molar-refractivity contribution >= 4 is 46.7 Å². The molecule has 1 fully saturated rings. The SMILES string of the molecule is CNC(=O)c1ccccc1Nc1nc(Nc2ccc3c(c2)CC(=O)N3CC2CCN(C(=O)OC(C)(C)C)CC2)ncc1C(F)(F)F. The highest BCUT2D eigenvalue weighted by Gasteiger charge is 2.36. The number of hydrogen-bond acceptors (Lipinski definition) is 8. The second-order valence-corrected chi connectivity index (χ2v) is 12.3. The van der Waals surface area contributed by atoms with Crippen LogP contribution in [0.2, 0.25) is 0 Å². The average molecular weight is 640 g/mol. The van der Waals surface area contributed by atoms with E-state index in [4.69, 9.17) is 4.74 Å². The van der Waals surface area contributed by atoms with Gasteiger partial charge in [0.1, 0.15) is 17.0 Å². The summed E-state index contributed by atoms with van der Waals surface area (Å²) in [5, 5.41) is 8.05. The van der Waals surface area contributed by atoms with Gasteiger partial charge in [0.25, 0.3) is 5.91 Å². The first-order chi connectivity index (χ1) is 21.7. The standard InChI is InChI=1S/C32H36F3N7O4/c1-31(2,3)46-30(45)41-13-11-19(12-14-41)18-42-25-10-9-21(15-20(25)16-26(42)43)38-29-37-17-23(32(33,34)35)27(40-29)39-24-8-6-5-7-22(24)28(44)36-4/h5-10,15,17,19H,11-14,16,18H2,1-4H3,(H,36,44)(H2,37,38,39,40). The number of nitrogens with zero attached hydrogens (tertiary/aromatic N) is 4.